The van der Waals surface area contributed by atoms with Crippen molar-refractivity contribution < 1.29 is 19.4 Å². The highest BCUT2D eigenvalue weighted by molar-refractivity contribution is 5.72. The summed E-state index contributed by atoms with van der Waals surface area (Å²) in [5.41, 5.74) is -0.346. The molecule has 102 valence electrons. The number of carbonyl (C=O) groups excluding carboxylic acids is 1. The lowest BCUT2D eigenvalue weighted by atomic mass is 10.0. The minimum Gasteiger partial charge on any atom is -0.481 e. The molecule has 1 aliphatic heterocycles. The molecule has 1 atom stereocenters. The molecule has 1 saturated carbocycles. The van der Waals surface area contributed by atoms with Gasteiger partial charge in [-0.25, -0.2) is 4.79 Å². The van der Waals surface area contributed by atoms with E-state index in [0.717, 1.165) is 19.3 Å². The summed E-state index contributed by atoms with van der Waals surface area (Å²) in [6, 6.07) is -0.208. The van der Waals surface area contributed by atoms with E-state index < -0.39 is 11.6 Å². The zero-order valence-electron chi connectivity index (χ0n) is 11.2. The Labute approximate surface area is 107 Å². The Kier molecular flexibility index (Phi) is 3.03. The Bertz CT molecular complexity index is 368. The second-order valence-electron chi connectivity index (χ2n) is 6.56. The molecule has 0 unspecified atom stereocenters. The number of rotatable bonds is 2. The standard InChI is InChI=1S/C13H21NO4/c1-12(2,3)18-11(17)14-8-13(4-5-13)7-9(14)6-10(15)16/h9H,4-8H2,1-3H3,(H,15,16)/t9-/m0/s1. The van der Waals surface area contributed by atoms with Crippen molar-refractivity contribution in [2.45, 2.75) is 58.1 Å². The van der Waals surface area contributed by atoms with E-state index in [1.54, 1.807) is 4.90 Å². The van der Waals surface area contributed by atoms with Crippen molar-refractivity contribution in [3.05, 3.63) is 0 Å². The first-order chi connectivity index (χ1) is 8.21. The third-order valence-electron chi connectivity index (χ3n) is 3.61. The van der Waals surface area contributed by atoms with E-state index in [-0.39, 0.29) is 24.0 Å². The van der Waals surface area contributed by atoms with Crippen LogP contribution in [0, 0.1) is 5.41 Å². The van der Waals surface area contributed by atoms with E-state index in [0.29, 0.717) is 6.54 Å². The van der Waals surface area contributed by atoms with Gasteiger partial charge in [0.1, 0.15) is 5.60 Å². The van der Waals surface area contributed by atoms with Gasteiger partial charge in [0.05, 0.1) is 6.42 Å². The summed E-state index contributed by atoms with van der Waals surface area (Å²) in [6.45, 7) is 6.11. The minimum atomic E-state index is -0.855. The van der Waals surface area contributed by atoms with E-state index >= 15 is 0 Å². The van der Waals surface area contributed by atoms with Crippen LogP contribution < -0.4 is 0 Å². The van der Waals surface area contributed by atoms with Gasteiger partial charge in [0.15, 0.2) is 0 Å². The van der Waals surface area contributed by atoms with Gasteiger partial charge in [0.25, 0.3) is 0 Å². The first-order valence-electron chi connectivity index (χ1n) is 6.42. The smallest absolute Gasteiger partial charge is 0.410 e. The van der Waals surface area contributed by atoms with Gasteiger partial charge in [-0.05, 0) is 45.4 Å². The number of aliphatic carboxylic acids is 1. The second kappa shape index (κ2) is 4.14. The topological polar surface area (TPSA) is 66.8 Å². The molecular weight excluding hydrogens is 234 g/mol. The molecule has 5 nitrogen and oxygen atoms in total. The molecule has 1 N–H and O–H groups in total. The number of hydrogen-bond acceptors (Lipinski definition) is 3. The van der Waals surface area contributed by atoms with Crippen LogP contribution in [0.4, 0.5) is 4.79 Å². The lowest BCUT2D eigenvalue weighted by Gasteiger charge is -2.28. The molecule has 0 aromatic rings. The highest BCUT2D eigenvalue weighted by Gasteiger charge is 2.54. The Morgan fingerprint density at radius 1 is 1.39 bits per heavy atom. The SMILES string of the molecule is CC(C)(C)OC(=O)N1CC2(CC2)C[C@@H]1CC(=O)O. The summed E-state index contributed by atoms with van der Waals surface area (Å²) in [5, 5.41) is 8.92. The van der Waals surface area contributed by atoms with Crippen molar-refractivity contribution in [2.24, 2.45) is 5.41 Å². The maximum atomic E-state index is 12.1. The summed E-state index contributed by atoms with van der Waals surface area (Å²) in [5.74, 6) is -0.855. The normalized spacial score (nSPS) is 25.3. The summed E-state index contributed by atoms with van der Waals surface area (Å²) >= 11 is 0. The van der Waals surface area contributed by atoms with Gasteiger partial charge in [-0.15, -0.1) is 0 Å². The van der Waals surface area contributed by atoms with E-state index in [2.05, 4.69) is 0 Å². The number of hydrogen-bond donors (Lipinski definition) is 1. The lowest BCUT2D eigenvalue weighted by Crippen LogP contribution is -2.40. The fraction of sp³-hybridized carbons (Fsp3) is 0.846. The number of carboxylic acid groups (broad SMARTS) is 1. The van der Waals surface area contributed by atoms with Gasteiger partial charge in [0, 0.05) is 12.6 Å². The van der Waals surface area contributed by atoms with Crippen LogP contribution in [0.2, 0.25) is 0 Å². The molecule has 18 heavy (non-hydrogen) atoms. The van der Waals surface area contributed by atoms with Gasteiger partial charge in [0.2, 0.25) is 0 Å². The van der Waals surface area contributed by atoms with Crippen LogP contribution in [-0.4, -0.2) is 40.3 Å². The van der Waals surface area contributed by atoms with Crippen molar-refractivity contribution in [3.8, 4) is 0 Å². The third-order valence-corrected chi connectivity index (χ3v) is 3.61. The fourth-order valence-corrected chi connectivity index (χ4v) is 2.62. The van der Waals surface area contributed by atoms with Crippen LogP contribution in [0.15, 0.2) is 0 Å². The van der Waals surface area contributed by atoms with Crippen LogP contribution in [0.3, 0.4) is 0 Å². The minimum absolute atomic E-state index is 0.0149. The number of amides is 1. The highest BCUT2D eigenvalue weighted by Crippen LogP contribution is 2.55. The Morgan fingerprint density at radius 3 is 2.44 bits per heavy atom. The van der Waals surface area contributed by atoms with Gasteiger partial charge in [-0.2, -0.15) is 0 Å². The molecule has 1 aliphatic carbocycles. The predicted octanol–water partition coefficient (Wildman–Crippen LogP) is 2.25. The predicted molar refractivity (Wildman–Crippen MR) is 65.3 cm³/mol. The van der Waals surface area contributed by atoms with Crippen molar-refractivity contribution in [3.63, 3.8) is 0 Å². The summed E-state index contributed by atoms with van der Waals surface area (Å²) in [7, 11) is 0. The van der Waals surface area contributed by atoms with Gasteiger partial charge in [-0.1, -0.05) is 0 Å². The molecule has 0 bridgehead atoms. The highest BCUT2D eigenvalue weighted by atomic mass is 16.6. The average molecular weight is 255 g/mol. The zero-order valence-corrected chi connectivity index (χ0v) is 11.2. The van der Waals surface area contributed by atoms with Crippen molar-refractivity contribution in [2.75, 3.05) is 6.54 Å². The van der Waals surface area contributed by atoms with Crippen molar-refractivity contribution >= 4 is 12.1 Å². The average Bonchev–Trinajstić information content (AvgIpc) is 2.79. The molecule has 1 amide bonds. The molecule has 1 spiro atoms. The van der Waals surface area contributed by atoms with E-state index in [9.17, 15) is 9.59 Å². The van der Waals surface area contributed by atoms with Gasteiger partial charge < -0.3 is 14.7 Å². The Hall–Kier alpha value is -1.26. The van der Waals surface area contributed by atoms with Crippen LogP contribution >= 0.6 is 0 Å². The number of ether oxygens (including phenoxy) is 1. The summed E-state index contributed by atoms with van der Waals surface area (Å²) in [4.78, 5) is 24.6. The van der Waals surface area contributed by atoms with E-state index in [1.165, 1.54) is 0 Å². The zero-order chi connectivity index (χ0) is 13.6. The molecule has 2 aliphatic rings. The first kappa shape index (κ1) is 13.2. The van der Waals surface area contributed by atoms with Gasteiger partial charge in [-0.3, -0.25) is 4.79 Å². The van der Waals surface area contributed by atoms with Crippen LogP contribution in [0.25, 0.3) is 0 Å². The maximum Gasteiger partial charge on any atom is 0.410 e. The Balaban J connectivity index is 2.04. The second-order valence-corrected chi connectivity index (χ2v) is 6.56. The molecule has 1 saturated heterocycles. The van der Waals surface area contributed by atoms with Crippen LogP contribution in [0.1, 0.15) is 46.5 Å². The molecule has 0 radical (unpaired) electrons. The quantitative estimate of drug-likeness (QED) is 0.821. The monoisotopic (exact) mass is 255 g/mol. The summed E-state index contributed by atoms with van der Waals surface area (Å²) < 4.78 is 5.35. The molecular formula is C13H21NO4. The molecule has 2 rings (SSSR count). The first-order valence-corrected chi connectivity index (χ1v) is 6.42. The molecule has 1 heterocycles. The number of nitrogens with zero attached hydrogens (tertiary/aromatic N) is 1. The van der Waals surface area contributed by atoms with Gasteiger partial charge >= 0.3 is 12.1 Å². The molecule has 0 aromatic heterocycles. The Morgan fingerprint density at radius 2 is 2.00 bits per heavy atom. The number of likely N-dealkylation sites (tertiary alicyclic amines) is 1. The van der Waals surface area contributed by atoms with E-state index in [1.807, 2.05) is 20.8 Å². The molecule has 5 heteroatoms. The number of carbonyl (C=O) groups is 2. The van der Waals surface area contributed by atoms with E-state index in [4.69, 9.17) is 9.84 Å². The summed E-state index contributed by atoms with van der Waals surface area (Å²) in [6.07, 6.45) is 2.64. The number of carboxylic acids is 1. The largest absolute Gasteiger partial charge is 0.481 e. The fourth-order valence-electron chi connectivity index (χ4n) is 2.62. The van der Waals surface area contributed by atoms with Crippen molar-refractivity contribution in [1.29, 1.82) is 0 Å². The van der Waals surface area contributed by atoms with Crippen LogP contribution in [0.5, 0.6) is 0 Å². The lowest BCUT2D eigenvalue weighted by molar-refractivity contribution is -0.138. The molecule has 2 fully saturated rings. The molecule has 0 aromatic carbocycles. The maximum absolute atomic E-state index is 12.1. The third kappa shape index (κ3) is 2.94. The van der Waals surface area contributed by atoms with Crippen molar-refractivity contribution in [1.82, 2.24) is 4.90 Å². The van der Waals surface area contributed by atoms with Crippen LogP contribution in [-0.2, 0) is 9.53 Å².